The van der Waals surface area contributed by atoms with Gasteiger partial charge in [0.25, 0.3) is 5.56 Å². The van der Waals surface area contributed by atoms with Gasteiger partial charge in [-0.2, -0.15) is 0 Å². The van der Waals surface area contributed by atoms with E-state index >= 15 is 0 Å². The monoisotopic (exact) mass is 442 g/mol. The van der Waals surface area contributed by atoms with Crippen molar-refractivity contribution in [1.29, 1.82) is 0 Å². The maximum Gasteiger partial charge on any atom is 0.267 e. The zero-order valence-electron chi connectivity index (χ0n) is 16.5. The SMILES string of the molecule is Cc1nnc(CSc2nc3sc4c(c3c(=O)n2-c2ccccc2F)CCC(C)C4)o1. The van der Waals surface area contributed by atoms with Gasteiger partial charge in [-0.1, -0.05) is 30.8 Å². The van der Waals surface area contributed by atoms with Gasteiger partial charge in [-0.25, -0.2) is 9.37 Å². The molecule has 1 atom stereocenters. The molecule has 9 heteroatoms. The highest BCUT2D eigenvalue weighted by atomic mass is 32.2. The van der Waals surface area contributed by atoms with Crippen molar-refractivity contribution in [2.45, 2.75) is 44.0 Å². The van der Waals surface area contributed by atoms with Crippen molar-refractivity contribution >= 4 is 33.3 Å². The Labute approximate surface area is 180 Å². The first-order valence-electron chi connectivity index (χ1n) is 9.75. The summed E-state index contributed by atoms with van der Waals surface area (Å²) in [6, 6.07) is 6.28. The topological polar surface area (TPSA) is 73.8 Å². The molecule has 0 saturated heterocycles. The Morgan fingerprint density at radius 3 is 2.93 bits per heavy atom. The summed E-state index contributed by atoms with van der Waals surface area (Å²) in [4.78, 5) is 20.4. The highest BCUT2D eigenvalue weighted by Gasteiger charge is 2.26. The molecular weight excluding hydrogens is 423 g/mol. The highest BCUT2D eigenvalue weighted by molar-refractivity contribution is 7.98. The van der Waals surface area contributed by atoms with E-state index in [4.69, 9.17) is 9.40 Å². The van der Waals surface area contributed by atoms with Crippen LogP contribution in [0.4, 0.5) is 4.39 Å². The summed E-state index contributed by atoms with van der Waals surface area (Å²) >= 11 is 2.87. The Kier molecular flexibility index (Phi) is 4.94. The fraction of sp³-hybridized carbons (Fsp3) is 0.333. The Morgan fingerprint density at radius 2 is 2.17 bits per heavy atom. The Balaban J connectivity index is 1.69. The van der Waals surface area contributed by atoms with E-state index in [1.54, 1.807) is 36.5 Å². The molecule has 30 heavy (non-hydrogen) atoms. The number of nitrogens with zero attached hydrogens (tertiary/aromatic N) is 4. The molecule has 4 aromatic rings. The summed E-state index contributed by atoms with van der Waals surface area (Å²) in [5.74, 6) is 1.38. The maximum atomic E-state index is 14.7. The first-order chi connectivity index (χ1) is 14.5. The molecule has 0 amide bonds. The smallest absolute Gasteiger partial charge is 0.267 e. The fourth-order valence-electron chi connectivity index (χ4n) is 3.84. The zero-order chi connectivity index (χ0) is 20.8. The number of aryl methyl sites for hydroxylation is 2. The van der Waals surface area contributed by atoms with Crippen LogP contribution in [-0.2, 0) is 18.6 Å². The third kappa shape index (κ3) is 3.35. The number of halogens is 1. The predicted molar refractivity (Wildman–Crippen MR) is 115 cm³/mol. The lowest BCUT2D eigenvalue weighted by Crippen LogP contribution is -2.23. The van der Waals surface area contributed by atoms with Crippen molar-refractivity contribution in [1.82, 2.24) is 19.7 Å². The van der Waals surface area contributed by atoms with Gasteiger partial charge in [0, 0.05) is 11.8 Å². The van der Waals surface area contributed by atoms with E-state index in [2.05, 4.69) is 17.1 Å². The van der Waals surface area contributed by atoms with Crippen LogP contribution in [0.25, 0.3) is 15.9 Å². The molecule has 0 saturated carbocycles. The summed E-state index contributed by atoms with van der Waals surface area (Å²) in [6.45, 7) is 3.95. The maximum absolute atomic E-state index is 14.7. The molecule has 1 unspecified atom stereocenters. The van der Waals surface area contributed by atoms with Gasteiger partial charge < -0.3 is 4.42 Å². The van der Waals surface area contributed by atoms with Crippen LogP contribution in [0.1, 0.15) is 35.6 Å². The first kappa shape index (κ1) is 19.4. The van der Waals surface area contributed by atoms with E-state index in [-0.39, 0.29) is 11.2 Å². The molecule has 1 aliphatic carbocycles. The second-order valence-corrected chi connectivity index (χ2v) is 9.55. The van der Waals surface area contributed by atoms with Crippen LogP contribution in [0.2, 0.25) is 0 Å². The largest absolute Gasteiger partial charge is 0.425 e. The summed E-state index contributed by atoms with van der Waals surface area (Å²) in [7, 11) is 0. The van der Waals surface area contributed by atoms with Gasteiger partial charge in [0.05, 0.1) is 16.8 Å². The molecule has 1 aromatic carbocycles. The summed E-state index contributed by atoms with van der Waals surface area (Å²) in [5.41, 5.74) is 1.06. The Morgan fingerprint density at radius 1 is 1.33 bits per heavy atom. The zero-order valence-corrected chi connectivity index (χ0v) is 18.1. The van der Waals surface area contributed by atoms with E-state index in [9.17, 15) is 9.18 Å². The van der Waals surface area contributed by atoms with Gasteiger partial charge >= 0.3 is 0 Å². The molecule has 154 valence electrons. The number of benzene rings is 1. The molecule has 3 aromatic heterocycles. The van der Waals surface area contributed by atoms with Gasteiger partial charge in [0.2, 0.25) is 11.8 Å². The van der Waals surface area contributed by atoms with E-state index in [1.165, 1.54) is 27.3 Å². The number of hydrogen-bond acceptors (Lipinski definition) is 7. The van der Waals surface area contributed by atoms with Gasteiger partial charge in [0.15, 0.2) is 5.16 Å². The summed E-state index contributed by atoms with van der Waals surface area (Å²) in [6.07, 6.45) is 2.86. The molecule has 0 bridgehead atoms. The van der Waals surface area contributed by atoms with E-state index < -0.39 is 5.82 Å². The lowest BCUT2D eigenvalue weighted by molar-refractivity contribution is 0.485. The van der Waals surface area contributed by atoms with E-state index in [1.807, 2.05) is 0 Å². The quantitative estimate of drug-likeness (QED) is 0.337. The molecular formula is C21H19FN4O2S2. The molecule has 0 fully saturated rings. The number of aromatic nitrogens is 4. The molecule has 1 aliphatic rings. The fourth-order valence-corrected chi connectivity index (χ4v) is 6.10. The number of hydrogen-bond donors (Lipinski definition) is 0. The van der Waals surface area contributed by atoms with E-state index in [0.717, 1.165) is 29.7 Å². The molecule has 0 aliphatic heterocycles. The van der Waals surface area contributed by atoms with Gasteiger partial charge in [-0.05, 0) is 42.9 Å². The average molecular weight is 443 g/mol. The lowest BCUT2D eigenvalue weighted by atomic mass is 9.89. The Bertz CT molecular complexity index is 1310. The molecule has 0 radical (unpaired) electrons. The van der Waals surface area contributed by atoms with Crippen LogP contribution in [0.15, 0.2) is 38.6 Å². The van der Waals surface area contributed by atoms with Gasteiger partial charge in [-0.15, -0.1) is 21.5 Å². The minimum absolute atomic E-state index is 0.199. The van der Waals surface area contributed by atoms with E-state index in [0.29, 0.717) is 34.0 Å². The van der Waals surface area contributed by atoms with Crippen LogP contribution in [0.5, 0.6) is 0 Å². The van der Waals surface area contributed by atoms with Gasteiger partial charge in [-0.3, -0.25) is 9.36 Å². The van der Waals surface area contributed by atoms with Crippen LogP contribution in [0.3, 0.4) is 0 Å². The van der Waals surface area contributed by atoms with Crippen molar-refractivity contribution in [3.8, 4) is 5.69 Å². The third-order valence-electron chi connectivity index (χ3n) is 5.28. The van der Waals surface area contributed by atoms with Crippen LogP contribution >= 0.6 is 23.1 Å². The van der Waals surface area contributed by atoms with Crippen molar-refractivity contribution in [2.24, 2.45) is 5.92 Å². The van der Waals surface area contributed by atoms with Crippen LogP contribution < -0.4 is 5.56 Å². The van der Waals surface area contributed by atoms with Crippen molar-refractivity contribution < 1.29 is 8.81 Å². The van der Waals surface area contributed by atoms with Crippen molar-refractivity contribution in [2.75, 3.05) is 0 Å². The predicted octanol–water partition coefficient (Wildman–Crippen LogP) is 4.69. The van der Waals surface area contributed by atoms with Crippen LogP contribution in [0, 0.1) is 18.7 Å². The minimum atomic E-state index is -0.464. The first-order valence-corrected chi connectivity index (χ1v) is 11.6. The minimum Gasteiger partial charge on any atom is -0.425 e. The van der Waals surface area contributed by atoms with Crippen molar-refractivity contribution in [3.63, 3.8) is 0 Å². The normalized spacial score (nSPS) is 16.2. The average Bonchev–Trinajstić information content (AvgIpc) is 3.29. The number of thiophene rings is 1. The van der Waals surface area contributed by atoms with Crippen molar-refractivity contribution in [3.05, 3.63) is 62.7 Å². The molecule has 6 nitrogen and oxygen atoms in total. The van der Waals surface area contributed by atoms with Crippen LogP contribution in [-0.4, -0.2) is 19.7 Å². The molecule has 0 N–H and O–H groups in total. The lowest BCUT2D eigenvalue weighted by Gasteiger charge is -2.18. The molecule has 0 spiro atoms. The second kappa shape index (κ2) is 7.63. The number of para-hydroxylation sites is 1. The second-order valence-electron chi connectivity index (χ2n) is 7.52. The molecule has 5 rings (SSSR count). The number of fused-ring (bicyclic) bond motifs is 3. The van der Waals surface area contributed by atoms with Gasteiger partial charge in [0.1, 0.15) is 10.6 Å². The third-order valence-corrected chi connectivity index (χ3v) is 7.36. The number of thioether (sulfide) groups is 1. The highest BCUT2D eigenvalue weighted by Crippen LogP contribution is 2.37. The summed E-state index contributed by atoms with van der Waals surface area (Å²) < 4.78 is 21.5. The molecule has 3 heterocycles. The Hall–Kier alpha value is -2.52. The summed E-state index contributed by atoms with van der Waals surface area (Å²) in [5, 5.41) is 8.88. The standard InChI is InChI=1S/C21H19FN4O2S2/c1-11-7-8-13-16(9-11)30-19-18(13)20(27)26(15-6-4-3-5-14(15)22)21(23-19)29-10-17-25-24-12(2)28-17/h3-6,11H,7-10H2,1-2H3. The number of rotatable bonds is 4.